The van der Waals surface area contributed by atoms with Gasteiger partial charge < -0.3 is 7.58 Å². The van der Waals surface area contributed by atoms with Gasteiger partial charge in [0, 0.05) is 12.8 Å². The number of rotatable bonds is 4. The van der Waals surface area contributed by atoms with Crippen LogP contribution in [-0.2, 0) is 17.2 Å². The molecule has 68 valence electrons. The quantitative estimate of drug-likeness (QED) is 0.618. The molecule has 0 N–H and O–H groups in total. The zero-order chi connectivity index (χ0) is 9.56. The summed E-state index contributed by atoms with van der Waals surface area (Å²) in [5.41, 5.74) is 0. The van der Waals surface area contributed by atoms with E-state index in [2.05, 4.69) is 0 Å². The molecule has 0 aromatic carbocycles. The third kappa shape index (κ3) is 5.17. The van der Waals surface area contributed by atoms with E-state index in [1.165, 1.54) is 0 Å². The fraction of sp³-hybridized carbons (Fsp3) is 0.714. The van der Waals surface area contributed by atoms with Crippen molar-refractivity contribution in [3.63, 3.8) is 0 Å². The van der Waals surface area contributed by atoms with Crippen molar-refractivity contribution >= 4 is 26.8 Å². The highest BCUT2D eigenvalue weighted by molar-refractivity contribution is 6.47. The van der Waals surface area contributed by atoms with E-state index < -0.39 is 14.8 Å². The maximum Gasteiger partial charge on any atom is 0.857 e. The van der Waals surface area contributed by atoms with Gasteiger partial charge in [0.15, 0.2) is 0 Å². The lowest BCUT2D eigenvalue weighted by molar-refractivity contribution is -0.139. The molecule has 0 saturated carbocycles. The van der Waals surface area contributed by atoms with Crippen LogP contribution in [0.25, 0.3) is 0 Å². The van der Waals surface area contributed by atoms with Crippen LogP contribution in [0.1, 0.15) is 26.7 Å². The summed E-state index contributed by atoms with van der Waals surface area (Å²) >= 11 is -2.05. The number of hydrogen-bond donors (Lipinski definition) is 0. The second-order valence-corrected chi connectivity index (χ2v) is 3.86. The highest BCUT2D eigenvalue weighted by Crippen LogP contribution is 1.95. The van der Waals surface area contributed by atoms with Crippen molar-refractivity contribution in [1.29, 1.82) is 0 Å². The Morgan fingerprint density at radius 3 is 1.67 bits per heavy atom. The second-order valence-electron chi connectivity index (χ2n) is 2.25. The number of carbonyl (C=O) groups is 2. The summed E-state index contributed by atoms with van der Waals surface area (Å²) < 4.78 is 9.66. The molecule has 0 unspecified atom stereocenters. The van der Waals surface area contributed by atoms with Gasteiger partial charge in [0.25, 0.3) is 11.9 Å². The van der Waals surface area contributed by atoms with Crippen molar-refractivity contribution in [2.75, 3.05) is 0 Å². The average molecular weight is 188 g/mol. The Labute approximate surface area is 76.9 Å². The summed E-state index contributed by atoms with van der Waals surface area (Å²) in [6.45, 7) is 3.40. The standard InChI is InChI=1S/2C3H6O2.CH3.Al/c2*1-2-3(4)5;;/h2*2H2,1H3,(H,4,5);1H3;/q;;;+2/p-2. The molecule has 0 saturated heterocycles. The first-order chi connectivity index (χ1) is 5.60. The van der Waals surface area contributed by atoms with Crippen LogP contribution < -0.4 is 0 Å². The molecule has 0 amide bonds. The van der Waals surface area contributed by atoms with Crippen molar-refractivity contribution in [3.05, 3.63) is 0 Å². The molecule has 0 aromatic heterocycles. The summed E-state index contributed by atoms with van der Waals surface area (Å²) in [4.78, 5) is 21.4. The minimum absolute atomic E-state index is 0.307. The van der Waals surface area contributed by atoms with E-state index in [1.807, 2.05) is 0 Å². The first kappa shape index (κ1) is 11.5. The zero-order valence-corrected chi connectivity index (χ0v) is 8.78. The lowest BCUT2D eigenvalue weighted by Crippen LogP contribution is -2.25. The molecule has 0 radical (unpaired) electrons. The van der Waals surface area contributed by atoms with Gasteiger partial charge in [-0.2, -0.15) is 0 Å². The Hall–Kier alpha value is -0.528. The van der Waals surface area contributed by atoms with Crippen molar-refractivity contribution in [2.24, 2.45) is 0 Å². The molecular formula is C7H13AlO4. The van der Waals surface area contributed by atoms with E-state index in [-0.39, 0.29) is 11.9 Å². The van der Waals surface area contributed by atoms with Crippen LogP contribution in [0.3, 0.4) is 0 Å². The van der Waals surface area contributed by atoms with Crippen molar-refractivity contribution in [1.82, 2.24) is 0 Å². The molecule has 0 rings (SSSR count). The van der Waals surface area contributed by atoms with Gasteiger partial charge in [-0.3, -0.25) is 9.59 Å². The minimum Gasteiger partial charge on any atom is -0.585 e. The van der Waals surface area contributed by atoms with E-state index >= 15 is 0 Å². The van der Waals surface area contributed by atoms with Crippen LogP contribution in [0.2, 0.25) is 5.79 Å². The Kier molecular flexibility index (Phi) is 5.77. The molecule has 0 atom stereocenters. The van der Waals surface area contributed by atoms with E-state index in [0.29, 0.717) is 12.8 Å². The largest absolute Gasteiger partial charge is 0.857 e. The molecule has 0 aromatic rings. The van der Waals surface area contributed by atoms with E-state index in [4.69, 9.17) is 7.58 Å². The summed E-state index contributed by atoms with van der Waals surface area (Å²) in [5, 5.41) is 0. The third-order valence-corrected chi connectivity index (χ3v) is 2.36. The van der Waals surface area contributed by atoms with Crippen LogP contribution in [-0.4, -0.2) is 26.8 Å². The zero-order valence-electron chi connectivity index (χ0n) is 7.62. The maximum atomic E-state index is 10.7. The summed E-state index contributed by atoms with van der Waals surface area (Å²) in [7, 11) is 0. The molecule has 0 spiro atoms. The molecule has 0 aliphatic carbocycles. The predicted octanol–water partition coefficient (Wildman–Crippen LogP) is 1.01. The molecule has 0 fully saturated rings. The number of hydrogen-bond acceptors (Lipinski definition) is 4. The minimum atomic E-state index is -2.05. The maximum absolute atomic E-state index is 10.7. The van der Waals surface area contributed by atoms with Gasteiger partial charge in [0.1, 0.15) is 0 Å². The molecule has 0 aliphatic rings. The molecule has 0 aliphatic heterocycles. The highest BCUT2D eigenvalue weighted by Gasteiger charge is 2.27. The van der Waals surface area contributed by atoms with Gasteiger partial charge in [-0.1, -0.05) is 13.8 Å². The van der Waals surface area contributed by atoms with Gasteiger partial charge in [-0.05, 0) is 5.79 Å². The fourth-order valence-corrected chi connectivity index (χ4v) is 1.68. The number of carbonyl (C=O) groups excluding carboxylic acids is 2. The first-order valence-corrected chi connectivity index (χ1v) is 6.08. The third-order valence-electron chi connectivity index (χ3n) is 1.17. The topological polar surface area (TPSA) is 52.6 Å². The summed E-state index contributed by atoms with van der Waals surface area (Å²) in [5.74, 6) is 1.04. The molecule has 5 heteroatoms. The lowest BCUT2D eigenvalue weighted by atomic mass is 10.5. The van der Waals surface area contributed by atoms with Crippen LogP contribution in [0.5, 0.6) is 0 Å². The molecule has 4 nitrogen and oxygen atoms in total. The van der Waals surface area contributed by atoms with Crippen LogP contribution in [0.4, 0.5) is 0 Å². The van der Waals surface area contributed by atoms with Gasteiger partial charge in [0.2, 0.25) is 0 Å². The van der Waals surface area contributed by atoms with E-state index in [0.717, 1.165) is 0 Å². The Bertz CT molecular complexity index is 151. The Morgan fingerprint density at radius 2 is 1.42 bits per heavy atom. The lowest BCUT2D eigenvalue weighted by Gasteiger charge is -2.08. The van der Waals surface area contributed by atoms with Gasteiger partial charge in [0.05, 0.1) is 0 Å². The fourth-order valence-electron chi connectivity index (χ4n) is 0.561. The predicted molar refractivity (Wildman–Crippen MR) is 44.4 cm³/mol. The highest BCUT2D eigenvalue weighted by atomic mass is 27.2. The normalized spacial score (nSPS) is 8.92. The van der Waals surface area contributed by atoms with Gasteiger partial charge in [-0.15, -0.1) is 0 Å². The smallest absolute Gasteiger partial charge is 0.585 e. The summed E-state index contributed by atoms with van der Waals surface area (Å²) in [6, 6.07) is 0. The monoisotopic (exact) mass is 188 g/mol. The van der Waals surface area contributed by atoms with Gasteiger partial charge >= 0.3 is 14.8 Å². The Morgan fingerprint density at radius 1 is 1.08 bits per heavy atom. The van der Waals surface area contributed by atoms with Gasteiger partial charge in [-0.25, -0.2) is 0 Å². The van der Waals surface area contributed by atoms with Crippen LogP contribution in [0.15, 0.2) is 0 Å². The van der Waals surface area contributed by atoms with Crippen LogP contribution >= 0.6 is 0 Å². The molecular weight excluding hydrogens is 175 g/mol. The van der Waals surface area contributed by atoms with Crippen molar-refractivity contribution in [2.45, 2.75) is 32.5 Å². The van der Waals surface area contributed by atoms with E-state index in [1.54, 1.807) is 19.6 Å². The average Bonchev–Trinajstić information content (AvgIpc) is 2.03. The SMILES string of the molecule is CCC(=O)[O][Al]([CH3])[O]C(=O)CC. The molecule has 0 heterocycles. The van der Waals surface area contributed by atoms with Crippen molar-refractivity contribution < 1.29 is 17.2 Å². The first-order valence-electron chi connectivity index (χ1n) is 3.99. The van der Waals surface area contributed by atoms with E-state index in [9.17, 15) is 9.59 Å². The second kappa shape index (κ2) is 6.04. The van der Waals surface area contributed by atoms with Crippen molar-refractivity contribution in [3.8, 4) is 0 Å². The molecule has 12 heavy (non-hydrogen) atoms. The Balaban J connectivity index is 3.66. The van der Waals surface area contributed by atoms with Crippen LogP contribution in [0, 0.1) is 0 Å². The summed E-state index contributed by atoms with van der Waals surface area (Å²) in [6.07, 6.45) is 0.641. The molecule has 0 bridgehead atoms.